The molecule has 0 unspecified atom stereocenters. The highest BCUT2D eigenvalue weighted by Crippen LogP contribution is 2.23. The van der Waals surface area contributed by atoms with Gasteiger partial charge in [-0.1, -0.05) is 38.1 Å². The van der Waals surface area contributed by atoms with Crippen LogP contribution < -0.4 is 15.4 Å². The summed E-state index contributed by atoms with van der Waals surface area (Å²) in [5.74, 6) is -1.56. The Kier molecular flexibility index (Phi) is 7.68. The summed E-state index contributed by atoms with van der Waals surface area (Å²) in [6.07, 6.45) is 0. The monoisotopic (exact) mass is 483 g/mol. The van der Waals surface area contributed by atoms with Crippen molar-refractivity contribution in [1.29, 1.82) is 0 Å². The number of sulfonamides is 1. The van der Waals surface area contributed by atoms with Crippen LogP contribution >= 0.6 is 0 Å². The predicted molar refractivity (Wildman–Crippen MR) is 130 cm³/mol. The van der Waals surface area contributed by atoms with Crippen LogP contribution in [0.2, 0.25) is 0 Å². The lowest BCUT2D eigenvalue weighted by Crippen LogP contribution is -2.47. The number of rotatable bonds is 8. The predicted octanol–water partition coefficient (Wildman–Crippen LogP) is 4.33. The Morgan fingerprint density at radius 3 is 2.12 bits per heavy atom. The Bertz CT molecular complexity index is 1280. The molecular formula is C25H26FN3O4S. The van der Waals surface area contributed by atoms with Crippen molar-refractivity contribution in [1.82, 2.24) is 5.32 Å². The van der Waals surface area contributed by atoms with E-state index in [-0.39, 0.29) is 28.1 Å². The van der Waals surface area contributed by atoms with Crippen molar-refractivity contribution in [2.45, 2.75) is 31.7 Å². The molecule has 3 rings (SSSR count). The normalized spacial score (nSPS) is 12.1. The Morgan fingerprint density at radius 1 is 0.882 bits per heavy atom. The first-order valence-electron chi connectivity index (χ1n) is 10.6. The van der Waals surface area contributed by atoms with E-state index >= 15 is 0 Å². The number of hydrogen-bond donors (Lipinski definition) is 3. The fourth-order valence-corrected chi connectivity index (χ4v) is 4.59. The molecule has 0 spiro atoms. The number of benzene rings is 3. The van der Waals surface area contributed by atoms with Gasteiger partial charge in [-0.15, -0.1) is 0 Å². The van der Waals surface area contributed by atoms with Crippen LogP contribution in [0.5, 0.6) is 0 Å². The molecule has 0 aromatic heterocycles. The fraction of sp³-hybridized carbons (Fsp3) is 0.200. The minimum Gasteiger partial charge on any atom is -0.340 e. The SMILES string of the molecule is Cc1ccc(NC(=O)[C@H](NC(=O)c2ccccc2)C(C)C)cc1S(=O)(=O)Nc1ccc(F)cc1. The van der Waals surface area contributed by atoms with Gasteiger partial charge in [0.2, 0.25) is 5.91 Å². The lowest BCUT2D eigenvalue weighted by atomic mass is 10.0. The average Bonchev–Trinajstić information content (AvgIpc) is 2.80. The molecule has 0 aliphatic carbocycles. The molecule has 2 amide bonds. The average molecular weight is 484 g/mol. The standard InChI is InChI=1S/C25H26FN3O4S/c1-16(2)23(28-24(30)18-7-5-4-6-8-18)25(31)27-21-12-9-17(3)22(15-21)34(32,33)29-20-13-10-19(26)11-14-20/h4-16,23,29H,1-3H3,(H,27,31)(H,28,30)/t23-/m1/s1. The van der Waals surface area contributed by atoms with E-state index in [0.717, 1.165) is 12.1 Å². The molecule has 0 aliphatic rings. The summed E-state index contributed by atoms with van der Waals surface area (Å²) in [6, 6.07) is 17.1. The van der Waals surface area contributed by atoms with Gasteiger partial charge in [0.05, 0.1) is 4.90 Å². The molecule has 3 aromatic carbocycles. The van der Waals surface area contributed by atoms with Crippen molar-refractivity contribution < 1.29 is 22.4 Å². The molecule has 0 saturated carbocycles. The van der Waals surface area contributed by atoms with E-state index in [4.69, 9.17) is 0 Å². The maximum absolute atomic E-state index is 13.1. The molecule has 0 bridgehead atoms. The van der Waals surface area contributed by atoms with Gasteiger partial charge in [-0.05, 0) is 66.9 Å². The van der Waals surface area contributed by atoms with Gasteiger partial charge >= 0.3 is 0 Å². The maximum atomic E-state index is 13.1. The largest absolute Gasteiger partial charge is 0.340 e. The third kappa shape index (κ3) is 6.20. The third-order valence-electron chi connectivity index (χ3n) is 5.11. The van der Waals surface area contributed by atoms with E-state index < -0.39 is 27.8 Å². The molecular weight excluding hydrogens is 457 g/mol. The number of hydrogen-bond acceptors (Lipinski definition) is 4. The molecule has 0 heterocycles. The topological polar surface area (TPSA) is 104 Å². The van der Waals surface area contributed by atoms with Crippen LogP contribution in [0.25, 0.3) is 0 Å². The number of amides is 2. The summed E-state index contributed by atoms with van der Waals surface area (Å²) in [5, 5.41) is 5.43. The van der Waals surface area contributed by atoms with E-state index in [2.05, 4.69) is 15.4 Å². The fourth-order valence-electron chi connectivity index (χ4n) is 3.26. The summed E-state index contributed by atoms with van der Waals surface area (Å²) in [5.41, 5.74) is 1.36. The molecule has 0 radical (unpaired) electrons. The van der Waals surface area contributed by atoms with Crippen molar-refractivity contribution in [2.24, 2.45) is 5.92 Å². The van der Waals surface area contributed by atoms with Crippen molar-refractivity contribution in [3.05, 3.63) is 89.7 Å². The van der Waals surface area contributed by atoms with E-state index in [0.29, 0.717) is 11.1 Å². The van der Waals surface area contributed by atoms with Crippen molar-refractivity contribution >= 4 is 33.2 Å². The first kappa shape index (κ1) is 24.9. The molecule has 9 heteroatoms. The Morgan fingerprint density at radius 2 is 1.50 bits per heavy atom. The van der Waals surface area contributed by atoms with Gasteiger partial charge in [-0.2, -0.15) is 0 Å². The molecule has 0 saturated heterocycles. The van der Waals surface area contributed by atoms with Crippen LogP contribution in [-0.2, 0) is 14.8 Å². The van der Waals surface area contributed by atoms with Crippen LogP contribution in [0.15, 0.2) is 77.7 Å². The second kappa shape index (κ2) is 10.5. The zero-order valence-corrected chi connectivity index (χ0v) is 19.8. The zero-order chi connectivity index (χ0) is 24.9. The summed E-state index contributed by atoms with van der Waals surface area (Å²) in [7, 11) is -4.00. The maximum Gasteiger partial charge on any atom is 0.262 e. The zero-order valence-electron chi connectivity index (χ0n) is 19.0. The smallest absolute Gasteiger partial charge is 0.262 e. The molecule has 3 N–H and O–H groups in total. The Hall–Kier alpha value is -3.72. The second-order valence-corrected chi connectivity index (χ2v) is 9.79. The van der Waals surface area contributed by atoms with Crippen LogP contribution in [0.3, 0.4) is 0 Å². The number of carbonyl (C=O) groups is 2. The van der Waals surface area contributed by atoms with E-state index in [1.165, 1.54) is 18.2 Å². The molecule has 0 fully saturated rings. The molecule has 7 nitrogen and oxygen atoms in total. The Balaban J connectivity index is 1.79. The minimum absolute atomic E-state index is 0.0379. The van der Waals surface area contributed by atoms with Crippen molar-refractivity contribution in [2.75, 3.05) is 10.0 Å². The summed E-state index contributed by atoms with van der Waals surface area (Å²) < 4.78 is 41.4. The van der Waals surface area contributed by atoms with E-state index in [9.17, 15) is 22.4 Å². The van der Waals surface area contributed by atoms with E-state index in [1.54, 1.807) is 63.2 Å². The number of anilines is 2. The summed E-state index contributed by atoms with van der Waals surface area (Å²) in [4.78, 5) is 25.5. The number of nitrogens with one attached hydrogen (secondary N) is 3. The molecule has 34 heavy (non-hydrogen) atoms. The molecule has 178 valence electrons. The molecule has 0 aliphatic heterocycles. The van der Waals surface area contributed by atoms with Gasteiger partial charge < -0.3 is 10.6 Å². The van der Waals surface area contributed by atoms with Gasteiger partial charge in [0.15, 0.2) is 0 Å². The number of carbonyl (C=O) groups excluding carboxylic acids is 2. The molecule has 3 aromatic rings. The van der Waals surface area contributed by atoms with Crippen LogP contribution in [0, 0.1) is 18.7 Å². The highest BCUT2D eigenvalue weighted by Gasteiger charge is 2.25. The first-order chi connectivity index (χ1) is 16.1. The van der Waals surface area contributed by atoms with Crippen LogP contribution in [0.4, 0.5) is 15.8 Å². The quantitative estimate of drug-likeness (QED) is 0.444. The lowest BCUT2D eigenvalue weighted by molar-refractivity contribution is -0.118. The van der Waals surface area contributed by atoms with Gasteiger partial charge in [0.1, 0.15) is 11.9 Å². The van der Waals surface area contributed by atoms with Crippen molar-refractivity contribution in [3.63, 3.8) is 0 Å². The van der Waals surface area contributed by atoms with E-state index in [1.807, 2.05) is 0 Å². The van der Waals surface area contributed by atoms with Gasteiger partial charge in [-0.3, -0.25) is 14.3 Å². The van der Waals surface area contributed by atoms with Gasteiger partial charge in [-0.25, -0.2) is 12.8 Å². The van der Waals surface area contributed by atoms with Gasteiger partial charge in [0, 0.05) is 16.9 Å². The highest BCUT2D eigenvalue weighted by molar-refractivity contribution is 7.92. The third-order valence-corrected chi connectivity index (χ3v) is 6.64. The highest BCUT2D eigenvalue weighted by atomic mass is 32.2. The first-order valence-corrected chi connectivity index (χ1v) is 12.1. The molecule has 1 atom stereocenters. The number of aryl methyl sites for hydroxylation is 1. The second-order valence-electron chi connectivity index (χ2n) is 8.14. The van der Waals surface area contributed by atoms with Crippen molar-refractivity contribution in [3.8, 4) is 0 Å². The minimum atomic E-state index is -4.00. The van der Waals surface area contributed by atoms with Gasteiger partial charge in [0.25, 0.3) is 15.9 Å². The Labute approximate surface area is 198 Å². The van der Waals surface area contributed by atoms with Crippen LogP contribution in [-0.4, -0.2) is 26.3 Å². The number of halogens is 1. The van der Waals surface area contributed by atoms with Crippen LogP contribution in [0.1, 0.15) is 29.8 Å². The lowest BCUT2D eigenvalue weighted by Gasteiger charge is -2.22. The summed E-state index contributed by atoms with van der Waals surface area (Å²) >= 11 is 0. The summed E-state index contributed by atoms with van der Waals surface area (Å²) in [6.45, 7) is 5.22.